The van der Waals surface area contributed by atoms with Gasteiger partial charge in [-0.05, 0) is 35.4 Å². The molecule has 2 aromatic rings. The van der Waals surface area contributed by atoms with Gasteiger partial charge in [-0.25, -0.2) is 0 Å². The second-order valence-electron chi connectivity index (χ2n) is 5.29. The molecule has 0 saturated heterocycles. The molecule has 0 aliphatic heterocycles. The molecule has 0 saturated carbocycles. The standard InChI is InChI=1S/C18H19NO7/c1-23-15-8-13(9-16(24-2)18(15)25-3)10-17(20)26-11-12-4-6-14(7-5-12)19(21)22/h4-9H,10-11H2,1-3H3. The molecule has 26 heavy (non-hydrogen) atoms. The van der Waals surface area contributed by atoms with Crippen molar-refractivity contribution in [2.45, 2.75) is 13.0 Å². The highest BCUT2D eigenvalue weighted by Crippen LogP contribution is 2.38. The number of carbonyl (C=O) groups is 1. The molecule has 0 aliphatic rings. The maximum absolute atomic E-state index is 12.1. The molecule has 0 N–H and O–H groups in total. The first kappa shape index (κ1) is 19.0. The fraction of sp³-hybridized carbons (Fsp3) is 0.278. The van der Waals surface area contributed by atoms with E-state index in [9.17, 15) is 14.9 Å². The molecule has 2 aromatic carbocycles. The Morgan fingerprint density at radius 2 is 1.54 bits per heavy atom. The molecule has 8 heteroatoms. The van der Waals surface area contributed by atoms with Crippen molar-refractivity contribution in [1.82, 2.24) is 0 Å². The summed E-state index contributed by atoms with van der Waals surface area (Å²) in [6.07, 6.45) is 0.0176. The molecule has 2 rings (SSSR count). The van der Waals surface area contributed by atoms with Crippen LogP contribution in [0.25, 0.3) is 0 Å². The van der Waals surface area contributed by atoms with Crippen LogP contribution in [-0.2, 0) is 22.6 Å². The van der Waals surface area contributed by atoms with E-state index < -0.39 is 10.9 Å². The number of nitrogens with zero attached hydrogens (tertiary/aromatic N) is 1. The lowest BCUT2D eigenvalue weighted by Crippen LogP contribution is -2.08. The minimum absolute atomic E-state index is 0.0162. The quantitative estimate of drug-likeness (QED) is 0.405. The molecule has 0 radical (unpaired) electrons. The number of non-ortho nitro benzene ring substituents is 1. The van der Waals surface area contributed by atoms with Crippen LogP contribution in [0, 0.1) is 10.1 Å². The number of hydrogen-bond acceptors (Lipinski definition) is 7. The number of ether oxygens (including phenoxy) is 4. The molecule has 0 atom stereocenters. The number of hydrogen-bond donors (Lipinski definition) is 0. The molecular formula is C18H19NO7. The first-order valence-electron chi connectivity index (χ1n) is 7.66. The Labute approximate surface area is 150 Å². The molecule has 0 aliphatic carbocycles. The first-order chi connectivity index (χ1) is 12.5. The van der Waals surface area contributed by atoms with Crippen LogP contribution in [0.5, 0.6) is 17.2 Å². The van der Waals surface area contributed by atoms with Crippen LogP contribution in [0.1, 0.15) is 11.1 Å². The fourth-order valence-electron chi connectivity index (χ4n) is 2.33. The van der Waals surface area contributed by atoms with Crippen molar-refractivity contribution in [3.8, 4) is 17.2 Å². The zero-order valence-electron chi connectivity index (χ0n) is 14.7. The van der Waals surface area contributed by atoms with Crippen molar-refractivity contribution in [2.75, 3.05) is 21.3 Å². The molecule has 0 heterocycles. The number of carbonyl (C=O) groups excluding carboxylic acids is 1. The highest BCUT2D eigenvalue weighted by Gasteiger charge is 2.15. The zero-order valence-corrected chi connectivity index (χ0v) is 14.7. The Morgan fingerprint density at radius 3 is 2.00 bits per heavy atom. The van der Waals surface area contributed by atoms with Gasteiger partial charge in [0.05, 0.1) is 32.7 Å². The van der Waals surface area contributed by atoms with Crippen LogP contribution in [0.3, 0.4) is 0 Å². The molecule has 0 bridgehead atoms. The van der Waals surface area contributed by atoms with Gasteiger partial charge >= 0.3 is 5.97 Å². The van der Waals surface area contributed by atoms with E-state index in [-0.39, 0.29) is 18.7 Å². The SMILES string of the molecule is COc1cc(CC(=O)OCc2ccc([N+](=O)[O-])cc2)cc(OC)c1OC. The fourth-order valence-corrected chi connectivity index (χ4v) is 2.33. The summed E-state index contributed by atoms with van der Waals surface area (Å²) in [4.78, 5) is 22.2. The van der Waals surface area contributed by atoms with E-state index in [1.807, 2.05) is 0 Å². The molecule has 138 valence electrons. The topological polar surface area (TPSA) is 97.1 Å². The van der Waals surface area contributed by atoms with Gasteiger partial charge < -0.3 is 18.9 Å². The molecule has 0 unspecified atom stereocenters. The van der Waals surface area contributed by atoms with Gasteiger partial charge in [0.1, 0.15) is 6.61 Å². The smallest absolute Gasteiger partial charge is 0.310 e. The summed E-state index contributed by atoms with van der Waals surface area (Å²) in [7, 11) is 4.49. The summed E-state index contributed by atoms with van der Waals surface area (Å²) in [5.41, 5.74) is 1.29. The van der Waals surface area contributed by atoms with Crippen molar-refractivity contribution >= 4 is 11.7 Å². The summed E-state index contributed by atoms with van der Waals surface area (Å²) in [5.74, 6) is 0.894. The van der Waals surface area contributed by atoms with Crippen LogP contribution in [0.15, 0.2) is 36.4 Å². The molecule has 8 nitrogen and oxygen atoms in total. The number of nitro benzene ring substituents is 1. The summed E-state index contributed by atoms with van der Waals surface area (Å²) in [5, 5.41) is 10.6. The van der Waals surface area contributed by atoms with E-state index in [4.69, 9.17) is 18.9 Å². The maximum atomic E-state index is 12.1. The first-order valence-corrected chi connectivity index (χ1v) is 7.66. The lowest BCUT2D eigenvalue weighted by molar-refractivity contribution is -0.384. The molecule has 0 aromatic heterocycles. The van der Waals surface area contributed by atoms with Crippen molar-refractivity contribution in [3.05, 3.63) is 57.6 Å². The molecule has 0 spiro atoms. The number of rotatable bonds is 8. The van der Waals surface area contributed by atoms with Gasteiger partial charge in [0.2, 0.25) is 5.75 Å². The third kappa shape index (κ3) is 4.62. The average Bonchev–Trinajstić information content (AvgIpc) is 2.65. The third-order valence-corrected chi connectivity index (χ3v) is 3.62. The van der Waals surface area contributed by atoms with Crippen molar-refractivity contribution in [1.29, 1.82) is 0 Å². The van der Waals surface area contributed by atoms with Crippen LogP contribution < -0.4 is 14.2 Å². The van der Waals surface area contributed by atoms with Crippen molar-refractivity contribution in [3.63, 3.8) is 0 Å². The van der Waals surface area contributed by atoms with E-state index in [2.05, 4.69) is 0 Å². The van der Waals surface area contributed by atoms with E-state index in [1.165, 1.54) is 33.5 Å². The predicted molar refractivity (Wildman–Crippen MR) is 92.7 cm³/mol. The van der Waals surface area contributed by atoms with Crippen LogP contribution >= 0.6 is 0 Å². The molecule has 0 amide bonds. The van der Waals surface area contributed by atoms with Crippen LogP contribution in [0.2, 0.25) is 0 Å². The van der Waals surface area contributed by atoms with E-state index >= 15 is 0 Å². The number of nitro groups is 1. The predicted octanol–water partition coefficient (Wildman–Crippen LogP) is 2.91. The van der Waals surface area contributed by atoms with Crippen LogP contribution in [0.4, 0.5) is 5.69 Å². The highest BCUT2D eigenvalue weighted by atomic mass is 16.6. The lowest BCUT2D eigenvalue weighted by Gasteiger charge is -2.14. The van der Waals surface area contributed by atoms with E-state index in [1.54, 1.807) is 24.3 Å². The highest BCUT2D eigenvalue weighted by molar-refractivity contribution is 5.73. The largest absolute Gasteiger partial charge is 0.493 e. The summed E-state index contributed by atoms with van der Waals surface area (Å²) in [6.45, 7) is 0.0290. The Morgan fingerprint density at radius 1 is 0.962 bits per heavy atom. The van der Waals surface area contributed by atoms with E-state index in [0.29, 0.717) is 28.4 Å². The normalized spacial score (nSPS) is 10.1. The lowest BCUT2D eigenvalue weighted by atomic mass is 10.1. The third-order valence-electron chi connectivity index (χ3n) is 3.62. The minimum atomic E-state index is -0.486. The summed E-state index contributed by atoms with van der Waals surface area (Å²) in [6, 6.07) is 9.17. The Balaban J connectivity index is 2.02. The van der Waals surface area contributed by atoms with Crippen LogP contribution in [-0.4, -0.2) is 32.2 Å². The van der Waals surface area contributed by atoms with Gasteiger partial charge in [0, 0.05) is 12.1 Å². The Hall–Kier alpha value is -3.29. The van der Waals surface area contributed by atoms with Gasteiger partial charge in [-0.15, -0.1) is 0 Å². The minimum Gasteiger partial charge on any atom is -0.493 e. The summed E-state index contributed by atoms with van der Waals surface area (Å²) < 4.78 is 20.9. The van der Waals surface area contributed by atoms with Gasteiger partial charge in [-0.1, -0.05) is 0 Å². The van der Waals surface area contributed by atoms with Crippen molar-refractivity contribution in [2.24, 2.45) is 0 Å². The van der Waals surface area contributed by atoms with Gasteiger partial charge in [-0.3, -0.25) is 14.9 Å². The van der Waals surface area contributed by atoms with Crippen molar-refractivity contribution < 1.29 is 28.7 Å². The van der Waals surface area contributed by atoms with Gasteiger partial charge in [-0.2, -0.15) is 0 Å². The summed E-state index contributed by atoms with van der Waals surface area (Å²) >= 11 is 0. The average molecular weight is 361 g/mol. The second-order valence-corrected chi connectivity index (χ2v) is 5.29. The van der Waals surface area contributed by atoms with Gasteiger partial charge in [0.15, 0.2) is 11.5 Å². The number of esters is 1. The Bertz CT molecular complexity index is 762. The Kier molecular flexibility index (Phi) is 6.37. The van der Waals surface area contributed by atoms with Gasteiger partial charge in [0.25, 0.3) is 5.69 Å². The van der Waals surface area contributed by atoms with E-state index in [0.717, 1.165) is 0 Å². The monoisotopic (exact) mass is 361 g/mol. The zero-order chi connectivity index (χ0) is 19.1. The number of methoxy groups -OCH3 is 3. The molecular weight excluding hydrogens is 342 g/mol. The maximum Gasteiger partial charge on any atom is 0.310 e. The molecule has 0 fully saturated rings. The second kappa shape index (κ2) is 8.70. The number of benzene rings is 2.